The second kappa shape index (κ2) is 11.1. The summed E-state index contributed by atoms with van der Waals surface area (Å²) in [6.45, 7) is 6.61. The van der Waals surface area contributed by atoms with Gasteiger partial charge >= 0.3 is 0 Å². The Balaban J connectivity index is 0.00000341. The number of hydrogen-bond acceptors (Lipinski definition) is 7. The normalized spacial score (nSPS) is 11.6. The van der Waals surface area contributed by atoms with Gasteiger partial charge in [-0.3, -0.25) is 0 Å². The summed E-state index contributed by atoms with van der Waals surface area (Å²) in [6.07, 6.45) is -0.449. The number of ether oxygens (including phenoxy) is 1. The summed E-state index contributed by atoms with van der Waals surface area (Å²) in [6, 6.07) is 12.9. The van der Waals surface area contributed by atoms with Crippen molar-refractivity contribution < 1.29 is 14.4 Å². The van der Waals surface area contributed by atoms with Gasteiger partial charge in [-0.25, -0.2) is 0 Å². The third kappa shape index (κ3) is 6.42. The number of aliphatic hydroxyl groups is 1. The summed E-state index contributed by atoms with van der Waals surface area (Å²) < 4.78 is 11.0. The fraction of sp³-hybridized carbons (Fsp3) is 0.318. The van der Waals surface area contributed by atoms with E-state index in [1.54, 1.807) is 25.1 Å². The smallest absolute Gasteiger partial charge is 0.258 e. The first kappa shape index (κ1) is 24.6. The first-order valence-corrected chi connectivity index (χ1v) is 9.97. The van der Waals surface area contributed by atoms with Crippen LogP contribution in [0.3, 0.4) is 0 Å². The van der Waals surface area contributed by atoms with E-state index in [-0.39, 0.29) is 24.4 Å². The van der Waals surface area contributed by atoms with E-state index < -0.39 is 6.10 Å². The summed E-state index contributed by atoms with van der Waals surface area (Å²) in [5.41, 5.74) is 2.64. The van der Waals surface area contributed by atoms with Gasteiger partial charge in [0.05, 0.1) is 22.8 Å². The van der Waals surface area contributed by atoms with Crippen molar-refractivity contribution in [1.82, 2.24) is 15.5 Å². The van der Waals surface area contributed by atoms with Gasteiger partial charge in [0.2, 0.25) is 5.82 Å². The minimum atomic E-state index is -0.412. The van der Waals surface area contributed by atoms with E-state index in [4.69, 9.17) is 20.9 Å². The van der Waals surface area contributed by atoms with E-state index >= 15 is 0 Å². The fourth-order valence-electron chi connectivity index (χ4n) is 2.83. The molecule has 1 atom stereocenters. The third-order valence-electron chi connectivity index (χ3n) is 4.18. The molecular formula is C22H24Cl2N4O3. The van der Waals surface area contributed by atoms with Gasteiger partial charge in [0.1, 0.15) is 11.8 Å². The molecule has 164 valence electrons. The molecular weight excluding hydrogens is 439 g/mol. The summed E-state index contributed by atoms with van der Waals surface area (Å²) in [4.78, 5) is 4.43. The van der Waals surface area contributed by atoms with Crippen LogP contribution in [0.1, 0.15) is 31.9 Å². The summed E-state index contributed by atoms with van der Waals surface area (Å²) in [5, 5.41) is 26.4. The van der Waals surface area contributed by atoms with Crippen LogP contribution in [0.25, 0.3) is 22.8 Å². The maximum absolute atomic E-state index is 9.41. The van der Waals surface area contributed by atoms with Crippen LogP contribution >= 0.6 is 24.0 Å². The molecule has 3 aromatic rings. The lowest BCUT2D eigenvalue weighted by atomic mass is 10.1. The Morgan fingerprint density at radius 2 is 2.00 bits per heavy atom. The Hall–Kier alpha value is -2.63. The minimum absolute atomic E-state index is 0. The summed E-state index contributed by atoms with van der Waals surface area (Å²) in [7, 11) is 0. The number of aromatic nitrogens is 2. The van der Waals surface area contributed by atoms with Crippen LogP contribution in [0.5, 0.6) is 5.75 Å². The highest BCUT2D eigenvalue weighted by Gasteiger charge is 2.16. The molecule has 2 aromatic carbocycles. The number of benzene rings is 2. The molecule has 0 aliphatic carbocycles. The highest BCUT2D eigenvalue weighted by Crippen LogP contribution is 2.30. The molecule has 0 bridgehead atoms. The lowest BCUT2D eigenvalue weighted by molar-refractivity contribution is 0.191. The fourth-order valence-corrected chi connectivity index (χ4v) is 3.12. The van der Waals surface area contributed by atoms with Crippen molar-refractivity contribution in [2.75, 3.05) is 6.54 Å². The monoisotopic (exact) mass is 462 g/mol. The summed E-state index contributed by atoms with van der Waals surface area (Å²) >= 11 is 6.42. The molecule has 0 aliphatic heterocycles. The molecule has 0 saturated carbocycles. The molecule has 0 amide bonds. The third-order valence-corrected chi connectivity index (χ3v) is 4.49. The molecule has 0 aliphatic rings. The quantitative estimate of drug-likeness (QED) is 0.503. The standard InChI is InChI=1S/C22H23ClN4O3.ClH/c1-13(2)29-20-7-5-16(9-17(20)10-24)22-26-21(27-30-22)18-6-4-15(8-19(18)23)12-25-11-14(3)28;/h4-9,13-14,25,28H,11-12H2,1-3H3;1H. The van der Waals surface area contributed by atoms with E-state index in [1.807, 2.05) is 32.0 Å². The van der Waals surface area contributed by atoms with Crippen molar-refractivity contribution in [2.45, 2.75) is 39.5 Å². The highest BCUT2D eigenvalue weighted by molar-refractivity contribution is 6.33. The molecule has 3 rings (SSSR count). The van der Waals surface area contributed by atoms with Gasteiger partial charge in [-0.15, -0.1) is 12.4 Å². The van der Waals surface area contributed by atoms with Crippen LogP contribution < -0.4 is 10.1 Å². The molecule has 7 nitrogen and oxygen atoms in total. The topological polar surface area (TPSA) is 104 Å². The maximum Gasteiger partial charge on any atom is 0.258 e. The zero-order valence-electron chi connectivity index (χ0n) is 17.4. The van der Waals surface area contributed by atoms with Crippen LogP contribution in [0.15, 0.2) is 40.9 Å². The first-order valence-electron chi connectivity index (χ1n) is 9.60. The molecule has 31 heavy (non-hydrogen) atoms. The lowest BCUT2D eigenvalue weighted by Gasteiger charge is -2.11. The molecule has 1 unspecified atom stereocenters. The van der Waals surface area contributed by atoms with Crippen molar-refractivity contribution in [1.29, 1.82) is 5.26 Å². The average Bonchev–Trinajstić information content (AvgIpc) is 3.17. The first-order chi connectivity index (χ1) is 14.4. The van der Waals surface area contributed by atoms with Gasteiger partial charge in [0, 0.05) is 24.2 Å². The Kier molecular flexibility index (Phi) is 8.84. The molecule has 2 N–H and O–H groups in total. The van der Waals surface area contributed by atoms with E-state index in [9.17, 15) is 10.4 Å². The van der Waals surface area contributed by atoms with E-state index in [1.165, 1.54) is 0 Å². The predicted molar refractivity (Wildman–Crippen MR) is 121 cm³/mol. The number of aliphatic hydroxyl groups excluding tert-OH is 1. The van der Waals surface area contributed by atoms with Crippen molar-refractivity contribution in [2.24, 2.45) is 0 Å². The Morgan fingerprint density at radius 1 is 1.23 bits per heavy atom. The maximum atomic E-state index is 9.41. The Labute approximate surface area is 192 Å². The van der Waals surface area contributed by atoms with Crippen LogP contribution in [-0.2, 0) is 6.54 Å². The highest BCUT2D eigenvalue weighted by atomic mass is 35.5. The number of rotatable bonds is 8. The molecule has 0 saturated heterocycles. The van der Waals surface area contributed by atoms with Crippen LogP contribution in [0.4, 0.5) is 0 Å². The predicted octanol–water partition coefficient (Wildman–Crippen LogP) is 4.61. The number of nitrogens with one attached hydrogen (secondary N) is 1. The van der Waals surface area contributed by atoms with Crippen molar-refractivity contribution >= 4 is 24.0 Å². The van der Waals surface area contributed by atoms with Gasteiger partial charge in [-0.05, 0) is 56.7 Å². The molecule has 0 fully saturated rings. The largest absolute Gasteiger partial charge is 0.490 e. The van der Waals surface area contributed by atoms with Crippen molar-refractivity contribution in [3.05, 3.63) is 52.5 Å². The van der Waals surface area contributed by atoms with Crippen LogP contribution in [0.2, 0.25) is 5.02 Å². The lowest BCUT2D eigenvalue weighted by Crippen LogP contribution is -2.23. The average molecular weight is 463 g/mol. The minimum Gasteiger partial charge on any atom is -0.490 e. The van der Waals surface area contributed by atoms with Gasteiger partial charge < -0.3 is 19.7 Å². The van der Waals surface area contributed by atoms with Gasteiger partial charge in [0.25, 0.3) is 5.89 Å². The Morgan fingerprint density at radius 3 is 2.65 bits per heavy atom. The van der Waals surface area contributed by atoms with Gasteiger partial charge in [-0.2, -0.15) is 10.2 Å². The van der Waals surface area contributed by atoms with Crippen molar-refractivity contribution in [3.8, 4) is 34.7 Å². The van der Waals surface area contributed by atoms with Crippen LogP contribution in [-0.4, -0.2) is 34.0 Å². The second-order valence-electron chi connectivity index (χ2n) is 7.21. The van der Waals surface area contributed by atoms with Crippen LogP contribution in [0, 0.1) is 11.3 Å². The zero-order valence-corrected chi connectivity index (χ0v) is 19.0. The van der Waals surface area contributed by atoms with Crippen molar-refractivity contribution in [3.63, 3.8) is 0 Å². The molecule has 1 heterocycles. The summed E-state index contributed by atoms with van der Waals surface area (Å²) in [5.74, 6) is 1.16. The SMILES string of the molecule is CC(O)CNCc1ccc(-c2noc(-c3ccc(OC(C)C)c(C#N)c3)n2)c(Cl)c1.Cl. The number of halogens is 2. The molecule has 0 radical (unpaired) electrons. The van der Waals surface area contributed by atoms with E-state index in [2.05, 4.69) is 21.5 Å². The Bertz CT molecular complexity index is 1060. The number of hydrogen-bond donors (Lipinski definition) is 2. The molecule has 1 aromatic heterocycles. The number of nitrogens with zero attached hydrogens (tertiary/aromatic N) is 3. The molecule has 0 spiro atoms. The zero-order chi connectivity index (χ0) is 21.7. The van der Waals surface area contributed by atoms with E-state index in [0.717, 1.165) is 5.56 Å². The molecule has 9 heteroatoms. The van der Waals surface area contributed by atoms with E-state index in [0.29, 0.717) is 46.4 Å². The van der Waals surface area contributed by atoms with Gasteiger partial charge in [-0.1, -0.05) is 22.8 Å². The van der Waals surface area contributed by atoms with Gasteiger partial charge in [0.15, 0.2) is 0 Å². The second-order valence-corrected chi connectivity index (χ2v) is 7.61. The number of nitriles is 1.